The van der Waals surface area contributed by atoms with Crippen molar-refractivity contribution >= 4 is 11.8 Å². The molecule has 0 saturated heterocycles. The van der Waals surface area contributed by atoms with Gasteiger partial charge in [0.15, 0.2) is 0 Å². The summed E-state index contributed by atoms with van der Waals surface area (Å²) in [5, 5.41) is 3.00. The number of rotatable bonds is 6. The lowest BCUT2D eigenvalue weighted by Gasteiger charge is -2.30. The average Bonchev–Trinajstić information content (AvgIpc) is 2.93. The van der Waals surface area contributed by atoms with Crippen molar-refractivity contribution in [2.45, 2.75) is 32.9 Å². The molecule has 0 saturated carbocycles. The van der Waals surface area contributed by atoms with Gasteiger partial charge in [-0.15, -0.1) is 0 Å². The summed E-state index contributed by atoms with van der Waals surface area (Å²) in [7, 11) is 0. The Morgan fingerprint density at radius 3 is 2.44 bits per heavy atom. The molecule has 25 heavy (non-hydrogen) atoms. The maximum Gasteiger partial charge on any atom is 0.255 e. The zero-order chi connectivity index (χ0) is 17.8. The van der Waals surface area contributed by atoms with Gasteiger partial charge in [0.2, 0.25) is 5.91 Å². The molecule has 2 amide bonds. The Hall–Kier alpha value is -2.62. The van der Waals surface area contributed by atoms with Crippen LogP contribution in [0.25, 0.3) is 0 Å². The van der Waals surface area contributed by atoms with E-state index in [0.717, 1.165) is 12.0 Å². The third-order valence-electron chi connectivity index (χ3n) is 4.64. The lowest BCUT2D eigenvalue weighted by atomic mass is 10.0. The van der Waals surface area contributed by atoms with Crippen molar-refractivity contribution in [3.63, 3.8) is 0 Å². The first-order valence-electron chi connectivity index (χ1n) is 8.78. The Kier molecular flexibility index (Phi) is 5.17. The van der Waals surface area contributed by atoms with Crippen LogP contribution in [0.15, 0.2) is 54.6 Å². The Morgan fingerprint density at radius 1 is 1.08 bits per heavy atom. The highest BCUT2D eigenvalue weighted by atomic mass is 16.2. The molecule has 0 spiro atoms. The smallest absolute Gasteiger partial charge is 0.255 e. The molecular formula is C21H24N2O2. The number of fused-ring (bicyclic) bond motifs is 1. The van der Waals surface area contributed by atoms with E-state index in [9.17, 15) is 9.59 Å². The second-order valence-corrected chi connectivity index (χ2v) is 6.81. The highest BCUT2D eigenvalue weighted by Gasteiger charge is 2.37. The van der Waals surface area contributed by atoms with Crippen molar-refractivity contribution in [2.75, 3.05) is 6.54 Å². The van der Waals surface area contributed by atoms with E-state index in [1.54, 1.807) is 4.90 Å². The Balaban J connectivity index is 1.65. The minimum absolute atomic E-state index is 0.0486. The molecule has 0 fully saturated rings. The molecule has 1 aliphatic rings. The fourth-order valence-electron chi connectivity index (χ4n) is 3.38. The summed E-state index contributed by atoms with van der Waals surface area (Å²) in [6.07, 6.45) is 0.783. The summed E-state index contributed by atoms with van der Waals surface area (Å²) in [5.41, 5.74) is 2.90. The SMILES string of the molecule is CC(C)[C@@H](C(=O)NCCc1ccccc1)N1Cc2ccccc2C1=O. The number of nitrogens with zero attached hydrogens (tertiary/aromatic N) is 1. The van der Waals surface area contributed by atoms with Crippen molar-refractivity contribution in [1.29, 1.82) is 0 Å². The molecule has 0 unspecified atom stereocenters. The predicted octanol–water partition coefficient (Wildman–Crippen LogP) is 3.03. The van der Waals surface area contributed by atoms with Gasteiger partial charge in [0.05, 0.1) is 0 Å². The van der Waals surface area contributed by atoms with Gasteiger partial charge in [0.25, 0.3) is 5.91 Å². The topological polar surface area (TPSA) is 49.4 Å². The van der Waals surface area contributed by atoms with E-state index in [-0.39, 0.29) is 17.7 Å². The van der Waals surface area contributed by atoms with Gasteiger partial charge in [0.1, 0.15) is 6.04 Å². The van der Waals surface area contributed by atoms with Gasteiger partial charge < -0.3 is 10.2 Å². The maximum absolute atomic E-state index is 12.8. The number of benzene rings is 2. The van der Waals surface area contributed by atoms with Gasteiger partial charge in [-0.2, -0.15) is 0 Å². The van der Waals surface area contributed by atoms with Crippen molar-refractivity contribution < 1.29 is 9.59 Å². The molecule has 4 heteroatoms. The van der Waals surface area contributed by atoms with Crippen molar-refractivity contribution in [3.8, 4) is 0 Å². The molecule has 1 heterocycles. The zero-order valence-electron chi connectivity index (χ0n) is 14.7. The van der Waals surface area contributed by atoms with E-state index < -0.39 is 6.04 Å². The number of amides is 2. The number of carbonyl (C=O) groups is 2. The van der Waals surface area contributed by atoms with Crippen LogP contribution in [-0.4, -0.2) is 29.3 Å². The molecular weight excluding hydrogens is 312 g/mol. The maximum atomic E-state index is 12.8. The van der Waals surface area contributed by atoms with E-state index in [1.807, 2.05) is 68.4 Å². The number of hydrogen-bond donors (Lipinski definition) is 1. The van der Waals surface area contributed by atoms with Crippen LogP contribution in [-0.2, 0) is 17.8 Å². The van der Waals surface area contributed by atoms with E-state index in [4.69, 9.17) is 0 Å². The van der Waals surface area contributed by atoms with Crippen LogP contribution in [0.5, 0.6) is 0 Å². The molecule has 2 aromatic carbocycles. The van der Waals surface area contributed by atoms with Crippen LogP contribution >= 0.6 is 0 Å². The van der Waals surface area contributed by atoms with Crippen molar-refractivity contribution in [2.24, 2.45) is 5.92 Å². The van der Waals surface area contributed by atoms with Crippen LogP contribution in [0, 0.1) is 5.92 Å². The molecule has 130 valence electrons. The number of nitrogens with one attached hydrogen (secondary N) is 1. The van der Waals surface area contributed by atoms with Crippen LogP contribution < -0.4 is 5.32 Å². The van der Waals surface area contributed by atoms with Gasteiger partial charge in [0, 0.05) is 18.7 Å². The molecule has 0 aromatic heterocycles. The van der Waals surface area contributed by atoms with Crippen LogP contribution in [0.3, 0.4) is 0 Å². The average molecular weight is 336 g/mol. The summed E-state index contributed by atoms with van der Waals surface area (Å²) in [6.45, 7) is 5.04. The highest BCUT2D eigenvalue weighted by Crippen LogP contribution is 2.27. The zero-order valence-corrected chi connectivity index (χ0v) is 14.7. The number of hydrogen-bond acceptors (Lipinski definition) is 2. The Morgan fingerprint density at radius 2 is 1.76 bits per heavy atom. The molecule has 0 radical (unpaired) electrons. The van der Waals surface area contributed by atoms with E-state index in [0.29, 0.717) is 18.7 Å². The summed E-state index contributed by atoms with van der Waals surface area (Å²) in [5.74, 6) is -0.0745. The van der Waals surface area contributed by atoms with Crippen LogP contribution in [0.4, 0.5) is 0 Å². The quantitative estimate of drug-likeness (QED) is 0.881. The Bertz CT molecular complexity index is 756. The molecule has 1 N–H and O–H groups in total. The lowest BCUT2D eigenvalue weighted by molar-refractivity contribution is -0.127. The first kappa shape index (κ1) is 17.2. The largest absolute Gasteiger partial charge is 0.354 e. The van der Waals surface area contributed by atoms with Crippen LogP contribution in [0.2, 0.25) is 0 Å². The van der Waals surface area contributed by atoms with Gasteiger partial charge in [-0.05, 0) is 29.5 Å². The summed E-state index contributed by atoms with van der Waals surface area (Å²) < 4.78 is 0. The first-order valence-corrected chi connectivity index (χ1v) is 8.78. The predicted molar refractivity (Wildman–Crippen MR) is 98.1 cm³/mol. The monoisotopic (exact) mass is 336 g/mol. The first-order chi connectivity index (χ1) is 12.1. The van der Waals surface area contributed by atoms with Crippen molar-refractivity contribution in [3.05, 3.63) is 71.3 Å². The molecule has 0 aliphatic carbocycles. The molecule has 4 nitrogen and oxygen atoms in total. The summed E-state index contributed by atoms with van der Waals surface area (Å²) in [6, 6.07) is 17.2. The normalized spacial score (nSPS) is 14.5. The minimum Gasteiger partial charge on any atom is -0.354 e. The fraction of sp³-hybridized carbons (Fsp3) is 0.333. The second kappa shape index (κ2) is 7.51. The van der Waals surface area contributed by atoms with Gasteiger partial charge in [-0.25, -0.2) is 0 Å². The third kappa shape index (κ3) is 3.73. The second-order valence-electron chi connectivity index (χ2n) is 6.81. The van der Waals surface area contributed by atoms with E-state index >= 15 is 0 Å². The summed E-state index contributed by atoms with van der Waals surface area (Å²) >= 11 is 0. The molecule has 2 aromatic rings. The third-order valence-corrected chi connectivity index (χ3v) is 4.64. The lowest BCUT2D eigenvalue weighted by Crippen LogP contribution is -2.50. The van der Waals surface area contributed by atoms with Crippen LogP contribution in [0.1, 0.15) is 35.3 Å². The van der Waals surface area contributed by atoms with Gasteiger partial charge >= 0.3 is 0 Å². The highest BCUT2D eigenvalue weighted by molar-refractivity contribution is 6.01. The van der Waals surface area contributed by atoms with Gasteiger partial charge in [-0.1, -0.05) is 62.4 Å². The standard InChI is InChI=1S/C21H24N2O2/c1-15(2)19(20(24)22-13-12-16-8-4-3-5-9-16)23-14-17-10-6-7-11-18(17)21(23)25/h3-11,15,19H,12-14H2,1-2H3,(H,22,24)/t19-/m0/s1. The van der Waals surface area contributed by atoms with Crippen molar-refractivity contribution in [1.82, 2.24) is 10.2 Å². The van der Waals surface area contributed by atoms with Gasteiger partial charge in [-0.3, -0.25) is 9.59 Å². The minimum atomic E-state index is -0.448. The van der Waals surface area contributed by atoms with E-state index in [2.05, 4.69) is 5.32 Å². The molecule has 0 bridgehead atoms. The Labute approximate surface area is 148 Å². The van der Waals surface area contributed by atoms with E-state index in [1.165, 1.54) is 5.56 Å². The molecule has 1 aliphatic heterocycles. The fourth-order valence-corrected chi connectivity index (χ4v) is 3.38. The number of carbonyl (C=O) groups excluding carboxylic acids is 2. The molecule has 1 atom stereocenters. The summed E-state index contributed by atoms with van der Waals surface area (Å²) in [4.78, 5) is 27.1. The molecule has 3 rings (SSSR count).